The van der Waals surface area contributed by atoms with E-state index in [1.807, 2.05) is 0 Å². The van der Waals surface area contributed by atoms with Crippen molar-refractivity contribution in [3.63, 3.8) is 0 Å². The molecule has 0 aromatic carbocycles. The van der Waals surface area contributed by atoms with Crippen LogP contribution >= 0.6 is 0 Å². The minimum absolute atomic E-state index is 0.179. The molecule has 4 nitrogen and oxygen atoms in total. The van der Waals surface area contributed by atoms with E-state index in [2.05, 4.69) is 19.6 Å². The highest BCUT2D eigenvalue weighted by Crippen LogP contribution is 2.10. The van der Waals surface area contributed by atoms with Gasteiger partial charge in [0.15, 0.2) is 0 Å². The zero-order valence-corrected chi connectivity index (χ0v) is 5.56. The summed E-state index contributed by atoms with van der Waals surface area (Å²) >= 11 is 0. The van der Waals surface area contributed by atoms with Crippen LogP contribution in [0.3, 0.4) is 0 Å². The summed E-state index contributed by atoms with van der Waals surface area (Å²) in [4.78, 5) is 7.59. The van der Waals surface area contributed by atoms with Crippen LogP contribution in [0.15, 0.2) is 35.4 Å². The van der Waals surface area contributed by atoms with Gasteiger partial charge in [-0.25, -0.2) is 0 Å². The first kappa shape index (κ1) is 5.01. The molecule has 0 bridgehead atoms. The quantitative estimate of drug-likeness (QED) is 0.608. The molecule has 0 saturated carbocycles. The third-order valence-corrected chi connectivity index (χ3v) is 1.26. The fourth-order valence-corrected chi connectivity index (χ4v) is 0.766. The Morgan fingerprint density at radius 2 is 2.18 bits per heavy atom. The molecular formula is C7H5N3O. The molecule has 2 heterocycles. The maximum absolute atomic E-state index is 7.01. The minimum Gasteiger partial charge on any atom is -0.342 e. The van der Waals surface area contributed by atoms with Gasteiger partial charge in [-0.05, 0) is 12.1 Å². The maximum Gasteiger partial charge on any atom is 0.214 e. The molecule has 2 aromatic heterocycles. The van der Waals surface area contributed by atoms with Gasteiger partial charge in [-0.3, -0.25) is 4.98 Å². The zero-order valence-electron chi connectivity index (χ0n) is 6.56. The summed E-state index contributed by atoms with van der Waals surface area (Å²) in [5, 5.41) is 3.58. The van der Waals surface area contributed by atoms with Crippen molar-refractivity contribution < 1.29 is 5.89 Å². The van der Waals surface area contributed by atoms with Crippen molar-refractivity contribution >= 4 is 0 Å². The van der Waals surface area contributed by atoms with Crippen LogP contribution in [0, 0.1) is 0 Å². The summed E-state index contributed by atoms with van der Waals surface area (Å²) < 4.78 is 11.5. The lowest BCUT2D eigenvalue weighted by Crippen LogP contribution is -1.79. The third kappa shape index (κ3) is 1.10. The second kappa shape index (κ2) is 2.49. The summed E-state index contributed by atoms with van der Waals surface area (Å²) in [6.45, 7) is 0. The lowest BCUT2D eigenvalue weighted by Gasteiger charge is -1.88. The van der Waals surface area contributed by atoms with Gasteiger partial charge in [0, 0.05) is 18.0 Å². The Morgan fingerprint density at radius 3 is 2.82 bits per heavy atom. The molecule has 2 rings (SSSR count). The number of hydrogen-bond donors (Lipinski definition) is 0. The molecule has 0 amide bonds. The Labute approximate surface area is 64.3 Å². The van der Waals surface area contributed by atoms with Gasteiger partial charge in [-0.1, -0.05) is 5.16 Å². The molecule has 0 radical (unpaired) electrons. The van der Waals surface area contributed by atoms with E-state index in [1.165, 1.54) is 0 Å². The molecule has 0 unspecified atom stereocenters. The lowest BCUT2D eigenvalue weighted by atomic mass is 10.3. The topological polar surface area (TPSA) is 51.8 Å². The fraction of sp³-hybridized carbons (Fsp3) is 0. The van der Waals surface area contributed by atoms with Gasteiger partial charge in [-0.2, -0.15) is 4.98 Å². The molecule has 11 heavy (non-hydrogen) atoms. The van der Waals surface area contributed by atoms with Crippen LogP contribution in [0.1, 0.15) is 1.37 Å². The zero-order chi connectivity index (χ0) is 8.39. The number of pyridine rings is 1. The summed E-state index contributed by atoms with van der Waals surface area (Å²) in [7, 11) is 0. The van der Waals surface area contributed by atoms with Crippen LogP contribution in [-0.2, 0) is 0 Å². The fourth-order valence-electron chi connectivity index (χ4n) is 0.766. The first-order valence-electron chi connectivity index (χ1n) is 3.57. The number of aromatic nitrogens is 3. The van der Waals surface area contributed by atoms with E-state index >= 15 is 0 Å². The van der Waals surface area contributed by atoms with E-state index < -0.39 is 0 Å². The Hall–Kier alpha value is -1.71. The van der Waals surface area contributed by atoms with Gasteiger partial charge in [-0.15, -0.1) is 0 Å². The average molecular weight is 148 g/mol. The van der Waals surface area contributed by atoms with E-state index in [9.17, 15) is 0 Å². The molecule has 0 aliphatic heterocycles. The Bertz CT molecular complexity index is 373. The highest BCUT2D eigenvalue weighted by Gasteiger charge is 1.99. The van der Waals surface area contributed by atoms with Crippen molar-refractivity contribution in [2.75, 3.05) is 0 Å². The lowest BCUT2D eigenvalue weighted by molar-refractivity contribution is 0.419. The molecular weight excluding hydrogens is 142 g/mol. The monoisotopic (exact) mass is 148 g/mol. The predicted octanol–water partition coefficient (Wildman–Crippen LogP) is 1.13. The largest absolute Gasteiger partial charge is 0.342 e. The van der Waals surface area contributed by atoms with Gasteiger partial charge < -0.3 is 4.52 Å². The number of nitrogens with zero attached hydrogens (tertiary/aromatic N) is 3. The van der Waals surface area contributed by atoms with Gasteiger partial charge in [0.25, 0.3) is 0 Å². The predicted molar refractivity (Wildman–Crippen MR) is 37.5 cm³/mol. The number of hydrogen-bond acceptors (Lipinski definition) is 4. The highest BCUT2D eigenvalue weighted by molar-refractivity contribution is 5.52. The van der Waals surface area contributed by atoms with E-state index in [4.69, 9.17) is 1.37 Å². The van der Waals surface area contributed by atoms with Crippen molar-refractivity contribution in [2.24, 2.45) is 0 Å². The smallest absolute Gasteiger partial charge is 0.214 e. The van der Waals surface area contributed by atoms with Gasteiger partial charge in [0.2, 0.25) is 12.2 Å². The normalized spacial score (nSPS) is 11.1. The van der Waals surface area contributed by atoms with Crippen molar-refractivity contribution in [3.8, 4) is 11.4 Å². The standard InChI is InChI=1S/C7H5N3O/c1-3-8-4-2-6(1)7-9-5-11-10-7/h1-5H/i5D. The molecule has 0 fully saturated rings. The van der Waals surface area contributed by atoms with Crippen LogP contribution in [0.25, 0.3) is 11.4 Å². The molecule has 2 aromatic rings. The minimum atomic E-state index is -0.179. The molecule has 4 heteroatoms. The highest BCUT2D eigenvalue weighted by atomic mass is 16.5. The van der Waals surface area contributed by atoms with Gasteiger partial charge >= 0.3 is 0 Å². The van der Waals surface area contributed by atoms with Crippen LogP contribution in [-0.4, -0.2) is 15.1 Å². The van der Waals surface area contributed by atoms with Crippen molar-refractivity contribution in [1.82, 2.24) is 15.1 Å². The molecule has 0 saturated heterocycles. The number of rotatable bonds is 1. The summed E-state index contributed by atoms with van der Waals surface area (Å²) in [6.07, 6.45) is 3.09. The molecule has 0 aliphatic rings. The van der Waals surface area contributed by atoms with Crippen molar-refractivity contribution in [3.05, 3.63) is 30.9 Å². The molecule has 0 aliphatic carbocycles. The van der Waals surface area contributed by atoms with Crippen LogP contribution in [0.4, 0.5) is 0 Å². The summed E-state index contributed by atoms with van der Waals surface area (Å²) in [5.74, 6) is 0.419. The molecule has 54 valence electrons. The van der Waals surface area contributed by atoms with Gasteiger partial charge in [0.1, 0.15) is 1.37 Å². The summed E-state index contributed by atoms with van der Waals surface area (Å²) in [5.41, 5.74) is 0.798. The molecule has 0 spiro atoms. The van der Waals surface area contributed by atoms with Crippen molar-refractivity contribution in [2.45, 2.75) is 0 Å². The summed E-state index contributed by atoms with van der Waals surface area (Å²) in [6, 6.07) is 3.51. The molecule has 0 atom stereocenters. The van der Waals surface area contributed by atoms with Crippen LogP contribution in [0.5, 0.6) is 0 Å². The second-order valence-electron chi connectivity index (χ2n) is 1.95. The second-order valence-corrected chi connectivity index (χ2v) is 1.95. The third-order valence-electron chi connectivity index (χ3n) is 1.26. The van der Waals surface area contributed by atoms with Gasteiger partial charge in [0.05, 0.1) is 0 Å². The van der Waals surface area contributed by atoms with Crippen LogP contribution < -0.4 is 0 Å². The van der Waals surface area contributed by atoms with Crippen molar-refractivity contribution in [1.29, 1.82) is 0 Å². The maximum atomic E-state index is 7.01. The van der Waals surface area contributed by atoms with E-state index in [-0.39, 0.29) is 6.37 Å². The first-order chi connectivity index (χ1) is 5.86. The first-order valence-corrected chi connectivity index (χ1v) is 3.07. The van der Waals surface area contributed by atoms with E-state index in [1.54, 1.807) is 24.5 Å². The van der Waals surface area contributed by atoms with E-state index in [0.29, 0.717) is 5.82 Å². The Morgan fingerprint density at radius 1 is 1.36 bits per heavy atom. The SMILES string of the molecule is [2H]c1nc(-c2ccncc2)no1. The average Bonchev–Trinajstić information content (AvgIpc) is 2.54. The van der Waals surface area contributed by atoms with E-state index in [0.717, 1.165) is 5.56 Å². The van der Waals surface area contributed by atoms with Crippen LogP contribution in [0.2, 0.25) is 0 Å². The molecule has 0 N–H and O–H groups in total. The Balaban J connectivity index is 2.45. The Kier molecular flexibility index (Phi) is 1.14.